The maximum atomic E-state index is 11.9. The maximum absolute atomic E-state index is 11.9. The number of benzene rings is 1. The van der Waals surface area contributed by atoms with Gasteiger partial charge in [-0.25, -0.2) is 4.79 Å². The van der Waals surface area contributed by atoms with Gasteiger partial charge in [-0.15, -0.1) is 0 Å². The smallest absolute Gasteiger partial charge is 0.338 e. The molecule has 0 aromatic heterocycles. The fraction of sp³-hybridized carbons (Fsp3) is 0.429. The van der Waals surface area contributed by atoms with Gasteiger partial charge in [0.05, 0.1) is 12.7 Å². The van der Waals surface area contributed by atoms with Crippen LogP contribution in [-0.4, -0.2) is 46.2 Å². The Hall–Kier alpha value is -2.80. The first kappa shape index (κ1) is 18.6. The molecule has 28 heavy (non-hydrogen) atoms. The Kier molecular flexibility index (Phi) is 5.09. The van der Waals surface area contributed by atoms with E-state index in [1.807, 2.05) is 11.1 Å². The number of methoxy groups -OCH3 is 1. The van der Waals surface area contributed by atoms with Crippen LogP contribution in [0.4, 0.5) is 0 Å². The van der Waals surface area contributed by atoms with Crippen LogP contribution in [0.25, 0.3) is 0 Å². The molecule has 7 nitrogen and oxygen atoms in total. The van der Waals surface area contributed by atoms with E-state index < -0.39 is 5.97 Å². The van der Waals surface area contributed by atoms with Gasteiger partial charge in [-0.2, -0.15) is 0 Å². The van der Waals surface area contributed by atoms with E-state index in [1.165, 1.54) is 32.4 Å². The summed E-state index contributed by atoms with van der Waals surface area (Å²) in [5.74, 6) is 0.250. The number of aromatic hydroxyl groups is 2. The fourth-order valence-electron chi connectivity index (χ4n) is 4.15. The van der Waals surface area contributed by atoms with Gasteiger partial charge in [-0.3, -0.25) is 10.3 Å². The van der Waals surface area contributed by atoms with Gasteiger partial charge in [0.25, 0.3) is 0 Å². The molecule has 0 bridgehead atoms. The van der Waals surface area contributed by atoms with Gasteiger partial charge in [0, 0.05) is 23.9 Å². The minimum absolute atomic E-state index is 0.00536. The van der Waals surface area contributed by atoms with E-state index in [0.29, 0.717) is 23.0 Å². The van der Waals surface area contributed by atoms with E-state index in [4.69, 9.17) is 9.73 Å². The van der Waals surface area contributed by atoms with Crippen molar-refractivity contribution in [2.75, 3.05) is 7.11 Å². The number of phenolic OH excluding ortho intramolecular Hbond substituents is 2. The predicted octanol–water partition coefficient (Wildman–Crippen LogP) is 2.73. The lowest BCUT2D eigenvalue weighted by molar-refractivity contribution is -0.135. The van der Waals surface area contributed by atoms with Gasteiger partial charge in [-0.1, -0.05) is 19.3 Å². The first-order valence-electron chi connectivity index (χ1n) is 9.69. The molecule has 2 heterocycles. The van der Waals surface area contributed by atoms with Crippen molar-refractivity contribution in [2.45, 2.75) is 50.4 Å². The number of hydrogen-bond donors (Lipinski definition) is 3. The first-order chi connectivity index (χ1) is 13.6. The highest BCUT2D eigenvalue weighted by molar-refractivity contribution is 6.05. The fourth-order valence-corrected chi connectivity index (χ4v) is 4.15. The molecule has 2 aliphatic heterocycles. The van der Waals surface area contributed by atoms with Crippen molar-refractivity contribution >= 4 is 11.8 Å². The van der Waals surface area contributed by atoms with Gasteiger partial charge in [0.1, 0.15) is 29.5 Å². The zero-order valence-electron chi connectivity index (χ0n) is 15.8. The molecule has 1 aliphatic carbocycles. The van der Waals surface area contributed by atoms with E-state index in [0.717, 1.165) is 12.8 Å². The summed E-state index contributed by atoms with van der Waals surface area (Å²) in [6.45, 7) is 0. The minimum atomic E-state index is -0.411. The molecular formula is C21H25N3O4. The Labute approximate surface area is 164 Å². The SMILES string of the molecule is COC(=O)C1=CC2=NC(c3ccc(O)cc3O)C(NC3CCCCC3)N2C=C1. The maximum Gasteiger partial charge on any atom is 0.338 e. The van der Waals surface area contributed by atoms with Gasteiger partial charge in [0.15, 0.2) is 0 Å². The monoisotopic (exact) mass is 383 g/mol. The quantitative estimate of drug-likeness (QED) is 0.692. The number of esters is 1. The summed E-state index contributed by atoms with van der Waals surface area (Å²) in [5.41, 5.74) is 1.07. The third kappa shape index (κ3) is 3.49. The highest BCUT2D eigenvalue weighted by Gasteiger charge is 2.39. The van der Waals surface area contributed by atoms with Crippen molar-refractivity contribution in [3.05, 3.63) is 47.7 Å². The number of carbonyl (C=O) groups excluding carboxylic acids is 1. The van der Waals surface area contributed by atoms with Crippen LogP contribution in [0.5, 0.6) is 11.5 Å². The summed E-state index contributed by atoms with van der Waals surface area (Å²) in [7, 11) is 1.35. The van der Waals surface area contributed by atoms with Gasteiger partial charge < -0.3 is 19.8 Å². The Bertz CT molecular complexity index is 855. The summed E-state index contributed by atoms with van der Waals surface area (Å²) in [5, 5.41) is 23.8. The zero-order chi connectivity index (χ0) is 19.7. The highest BCUT2D eigenvalue weighted by Crippen LogP contribution is 2.38. The molecule has 0 radical (unpaired) electrons. The average Bonchev–Trinajstić information content (AvgIpc) is 3.05. The zero-order valence-corrected chi connectivity index (χ0v) is 15.8. The lowest BCUT2D eigenvalue weighted by Crippen LogP contribution is -2.49. The van der Waals surface area contributed by atoms with Crippen molar-refractivity contribution in [1.29, 1.82) is 0 Å². The van der Waals surface area contributed by atoms with Crippen molar-refractivity contribution in [1.82, 2.24) is 10.2 Å². The van der Waals surface area contributed by atoms with Gasteiger partial charge in [0.2, 0.25) is 0 Å². The first-order valence-corrected chi connectivity index (χ1v) is 9.69. The topological polar surface area (TPSA) is 94.4 Å². The number of hydrogen-bond acceptors (Lipinski definition) is 7. The van der Waals surface area contributed by atoms with E-state index in [2.05, 4.69) is 5.32 Å². The summed E-state index contributed by atoms with van der Waals surface area (Å²) >= 11 is 0. The number of ether oxygens (including phenoxy) is 1. The number of amidine groups is 1. The largest absolute Gasteiger partial charge is 0.508 e. The normalized spacial score (nSPS) is 24.5. The van der Waals surface area contributed by atoms with Crippen LogP contribution in [-0.2, 0) is 9.53 Å². The molecule has 0 spiro atoms. The molecule has 1 saturated carbocycles. The van der Waals surface area contributed by atoms with Crippen LogP contribution in [0.2, 0.25) is 0 Å². The van der Waals surface area contributed by atoms with Crippen molar-refractivity contribution in [3.63, 3.8) is 0 Å². The summed E-state index contributed by atoms with van der Waals surface area (Å²) in [6.07, 6.45) is 11.0. The average molecular weight is 383 g/mol. The highest BCUT2D eigenvalue weighted by atomic mass is 16.5. The number of aliphatic imine (C=N–C) groups is 1. The van der Waals surface area contributed by atoms with Crippen LogP contribution < -0.4 is 5.32 Å². The van der Waals surface area contributed by atoms with Crippen LogP contribution in [0.3, 0.4) is 0 Å². The molecule has 1 fully saturated rings. The van der Waals surface area contributed by atoms with Crippen molar-refractivity contribution in [2.24, 2.45) is 4.99 Å². The lowest BCUT2D eigenvalue weighted by Gasteiger charge is -2.34. The molecule has 4 rings (SSSR count). The van der Waals surface area contributed by atoms with E-state index in [1.54, 1.807) is 24.3 Å². The Morgan fingerprint density at radius 3 is 2.75 bits per heavy atom. The second-order valence-corrected chi connectivity index (χ2v) is 7.44. The lowest BCUT2D eigenvalue weighted by atomic mass is 9.94. The standard InChI is InChI=1S/C21H25N3O4/c1-28-21(27)13-9-10-24-18(11-13)23-19(16-8-7-15(25)12-17(16)26)20(24)22-14-5-3-2-4-6-14/h7-12,14,19-20,22,25-26H,2-6H2,1H3. The molecule has 3 N–H and O–H groups in total. The number of phenols is 2. The Morgan fingerprint density at radius 2 is 2.04 bits per heavy atom. The van der Waals surface area contributed by atoms with Crippen LogP contribution in [0.15, 0.2) is 47.1 Å². The second kappa shape index (κ2) is 7.67. The summed E-state index contributed by atoms with van der Waals surface area (Å²) in [4.78, 5) is 18.7. The molecule has 148 valence electrons. The van der Waals surface area contributed by atoms with E-state index in [9.17, 15) is 15.0 Å². The molecule has 1 aromatic carbocycles. The van der Waals surface area contributed by atoms with Gasteiger partial charge >= 0.3 is 5.97 Å². The molecule has 0 saturated heterocycles. The molecule has 2 atom stereocenters. The Balaban J connectivity index is 1.67. The van der Waals surface area contributed by atoms with Gasteiger partial charge in [-0.05, 0) is 37.1 Å². The number of carbonyl (C=O) groups is 1. The van der Waals surface area contributed by atoms with E-state index >= 15 is 0 Å². The number of rotatable bonds is 4. The number of nitrogens with zero attached hydrogens (tertiary/aromatic N) is 2. The third-order valence-electron chi connectivity index (χ3n) is 5.60. The molecule has 2 unspecified atom stereocenters. The molecule has 3 aliphatic rings. The molecule has 7 heteroatoms. The van der Waals surface area contributed by atoms with E-state index in [-0.39, 0.29) is 23.7 Å². The van der Waals surface area contributed by atoms with Crippen molar-refractivity contribution < 1.29 is 19.7 Å². The summed E-state index contributed by atoms with van der Waals surface area (Å²) in [6, 6.07) is 4.60. The molecular weight excluding hydrogens is 358 g/mol. The summed E-state index contributed by atoms with van der Waals surface area (Å²) < 4.78 is 4.81. The second-order valence-electron chi connectivity index (χ2n) is 7.44. The molecule has 0 amide bonds. The predicted molar refractivity (Wildman–Crippen MR) is 105 cm³/mol. The van der Waals surface area contributed by atoms with Crippen LogP contribution >= 0.6 is 0 Å². The molecule has 1 aromatic rings. The number of nitrogens with one attached hydrogen (secondary N) is 1. The van der Waals surface area contributed by atoms with Crippen LogP contribution in [0.1, 0.15) is 43.7 Å². The third-order valence-corrected chi connectivity index (χ3v) is 5.60. The van der Waals surface area contributed by atoms with Crippen molar-refractivity contribution in [3.8, 4) is 11.5 Å². The Morgan fingerprint density at radius 1 is 1.25 bits per heavy atom. The van der Waals surface area contributed by atoms with Crippen LogP contribution in [0, 0.1) is 0 Å². The minimum Gasteiger partial charge on any atom is -0.508 e. The number of fused-ring (bicyclic) bond motifs is 1.